The number of aromatic nitrogens is 1. The maximum atomic E-state index is 5.29. The summed E-state index contributed by atoms with van der Waals surface area (Å²) in [4.78, 5) is 4.41. The number of ether oxygens (including phenoxy) is 1. The van der Waals surface area contributed by atoms with E-state index in [2.05, 4.69) is 40.6 Å². The summed E-state index contributed by atoms with van der Waals surface area (Å²) in [6.45, 7) is 6.77. The Bertz CT molecular complexity index is 309. The smallest absolute Gasteiger partial charge is 0.136 e. The summed E-state index contributed by atoms with van der Waals surface area (Å²) in [6.07, 6.45) is 1.83. The van der Waals surface area contributed by atoms with Crippen molar-refractivity contribution in [1.82, 2.24) is 4.98 Å². The summed E-state index contributed by atoms with van der Waals surface area (Å²) in [7, 11) is 0.309. The molecule has 0 bridgehead atoms. The molecular formula is C9H14BrNOSi. The molecule has 0 saturated heterocycles. The highest BCUT2D eigenvalue weighted by Gasteiger charge is 2.22. The molecule has 1 aromatic rings. The zero-order valence-electron chi connectivity index (χ0n) is 8.39. The van der Waals surface area contributed by atoms with E-state index < -0.39 is 8.07 Å². The van der Waals surface area contributed by atoms with E-state index >= 15 is 0 Å². The fourth-order valence-electron chi connectivity index (χ4n) is 1.14. The van der Waals surface area contributed by atoms with Gasteiger partial charge in [0.05, 0.1) is 12.4 Å². The molecule has 72 valence electrons. The van der Waals surface area contributed by atoms with Crippen LogP contribution in [-0.2, 0) is 0 Å². The van der Waals surface area contributed by atoms with E-state index in [-0.39, 0.29) is 0 Å². The maximum absolute atomic E-state index is 5.29. The second kappa shape index (κ2) is 3.80. The predicted octanol–water partition coefficient (Wildman–Crippen LogP) is 2.40. The van der Waals surface area contributed by atoms with Crippen LogP contribution in [0.5, 0.6) is 5.75 Å². The van der Waals surface area contributed by atoms with E-state index in [9.17, 15) is 0 Å². The van der Waals surface area contributed by atoms with Gasteiger partial charge in [-0.3, -0.25) is 4.98 Å². The average Bonchev–Trinajstić information content (AvgIpc) is 2.01. The Morgan fingerprint density at radius 1 is 1.38 bits per heavy atom. The Labute approximate surface area is 88.5 Å². The molecule has 0 spiro atoms. The fourth-order valence-corrected chi connectivity index (χ4v) is 2.82. The molecule has 0 fully saturated rings. The van der Waals surface area contributed by atoms with Crippen molar-refractivity contribution >= 4 is 29.3 Å². The topological polar surface area (TPSA) is 22.1 Å². The molecule has 0 saturated carbocycles. The Hall–Kier alpha value is -0.353. The second-order valence-corrected chi connectivity index (χ2v) is 9.84. The lowest BCUT2D eigenvalue weighted by atomic mass is 10.5. The molecule has 1 heterocycles. The lowest BCUT2D eigenvalue weighted by molar-refractivity contribution is 0.416. The molecule has 4 heteroatoms. The molecule has 0 radical (unpaired) electrons. The van der Waals surface area contributed by atoms with Crippen LogP contribution in [0.3, 0.4) is 0 Å². The van der Waals surface area contributed by atoms with Crippen LogP contribution in [0, 0.1) is 0 Å². The van der Waals surface area contributed by atoms with Gasteiger partial charge in [-0.15, -0.1) is 0 Å². The van der Waals surface area contributed by atoms with Gasteiger partial charge in [-0.05, 0) is 22.0 Å². The van der Waals surface area contributed by atoms with Crippen LogP contribution >= 0.6 is 15.9 Å². The third-order valence-corrected chi connectivity index (χ3v) is 3.98. The Morgan fingerprint density at radius 2 is 2.00 bits per heavy atom. The Kier molecular flexibility index (Phi) is 3.13. The molecule has 0 aliphatic heterocycles. The molecule has 13 heavy (non-hydrogen) atoms. The number of hydrogen-bond acceptors (Lipinski definition) is 2. The van der Waals surface area contributed by atoms with Crippen LogP contribution in [0.15, 0.2) is 16.7 Å². The summed E-state index contributed by atoms with van der Waals surface area (Å²) >= 11 is 3.38. The van der Waals surface area contributed by atoms with Crippen molar-refractivity contribution < 1.29 is 4.74 Å². The van der Waals surface area contributed by atoms with Crippen LogP contribution in [0.2, 0.25) is 19.6 Å². The van der Waals surface area contributed by atoms with Gasteiger partial charge in [0, 0.05) is 10.7 Å². The molecule has 0 aliphatic rings. The van der Waals surface area contributed by atoms with Gasteiger partial charge in [0.1, 0.15) is 13.8 Å². The molecule has 2 nitrogen and oxygen atoms in total. The summed E-state index contributed by atoms with van der Waals surface area (Å²) in [5, 5.41) is 1.12. The van der Waals surface area contributed by atoms with Crippen molar-refractivity contribution in [2.45, 2.75) is 19.6 Å². The first-order valence-corrected chi connectivity index (χ1v) is 8.44. The highest BCUT2D eigenvalue weighted by Crippen LogP contribution is 2.17. The van der Waals surface area contributed by atoms with Crippen molar-refractivity contribution in [2.24, 2.45) is 0 Å². The highest BCUT2D eigenvalue weighted by molar-refractivity contribution is 9.10. The van der Waals surface area contributed by atoms with E-state index in [0.29, 0.717) is 0 Å². The van der Waals surface area contributed by atoms with E-state index in [4.69, 9.17) is 4.74 Å². The normalized spacial score (nSPS) is 11.5. The first-order valence-electron chi connectivity index (χ1n) is 4.15. The number of rotatable bonds is 2. The maximum Gasteiger partial charge on any atom is 0.136 e. The van der Waals surface area contributed by atoms with Crippen molar-refractivity contribution in [3.8, 4) is 5.75 Å². The number of halogens is 1. The summed E-state index contributed by atoms with van der Waals surface area (Å²) < 4.78 is 6.26. The minimum absolute atomic E-state index is 0.897. The van der Waals surface area contributed by atoms with E-state index in [1.165, 1.54) is 0 Å². The van der Waals surface area contributed by atoms with Crippen LogP contribution in [0.4, 0.5) is 0 Å². The first-order chi connectivity index (χ1) is 5.95. The Morgan fingerprint density at radius 3 is 2.46 bits per heavy atom. The molecular weight excluding hydrogens is 246 g/mol. The molecule has 0 unspecified atom stereocenters. The van der Waals surface area contributed by atoms with Crippen molar-refractivity contribution in [3.63, 3.8) is 0 Å². The summed E-state index contributed by atoms with van der Waals surface area (Å²) in [5.74, 6) is 0.897. The van der Waals surface area contributed by atoms with Crippen LogP contribution in [0.1, 0.15) is 0 Å². The largest absolute Gasteiger partial charge is 0.495 e. The molecule has 0 aliphatic carbocycles. The van der Waals surface area contributed by atoms with E-state index in [0.717, 1.165) is 15.5 Å². The van der Waals surface area contributed by atoms with Gasteiger partial charge >= 0.3 is 0 Å². The first kappa shape index (κ1) is 10.7. The van der Waals surface area contributed by atoms with Gasteiger partial charge < -0.3 is 4.74 Å². The number of nitrogens with zero attached hydrogens (tertiary/aromatic N) is 1. The highest BCUT2D eigenvalue weighted by atomic mass is 79.9. The predicted molar refractivity (Wildman–Crippen MR) is 61.5 cm³/mol. The second-order valence-electron chi connectivity index (χ2n) is 3.95. The van der Waals surface area contributed by atoms with Gasteiger partial charge in [-0.25, -0.2) is 0 Å². The van der Waals surface area contributed by atoms with Gasteiger partial charge in [-0.2, -0.15) is 0 Å². The van der Waals surface area contributed by atoms with Crippen LogP contribution in [-0.4, -0.2) is 20.2 Å². The molecule has 0 aromatic carbocycles. The van der Waals surface area contributed by atoms with Crippen LogP contribution < -0.4 is 10.1 Å². The van der Waals surface area contributed by atoms with Gasteiger partial charge in [-0.1, -0.05) is 19.6 Å². The molecule has 0 atom stereocenters. The lowest BCUT2D eigenvalue weighted by Crippen LogP contribution is -2.40. The fraction of sp³-hybridized carbons (Fsp3) is 0.444. The summed E-state index contributed by atoms with van der Waals surface area (Å²) in [5.41, 5.74) is 0. The lowest BCUT2D eigenvalue weighted by Gasteiger charge is -2.18. The number of hydrogen-bond donors (Lipinski definition) is 0. The van der Waals surface area contributed by atoms with Crippen molar-refractivity contribution in [2.75, 3.05) is 7.11 Å². The van der Waals surface area contributed by atoms with Crippen molar-refractivity contribution in [1.29, 1.82) is 0 Å². The SMILES string of the molecule is COc1cc(Br)cnc1[Si](C)(C)C. The minimum atomic E-state index is -1.38. The molecule has 0 N–H and O–H groups in total. The third-order valence-electron chi connectivity index (χ3n) is 1.75. The van der Waals surface area contributed by atoms with Gasteiger partial charge in [0.25, 0.3) is 0 Å². The van der Waals surface area contributed by atoms with Crippen LogP contribution in [0.25, 0.3) is 0 Å². The van der Waals surface area contributed by atoms with E-state index in [1.54, 1.807) is 7.11 Å². The Balaban J connectivity index is 3.22. The zero-order valence-corrected chi connectivity index (χ0v) is 11.0. The minimum Gasteiger partial charge on any atom is -0.495 e. The van der Waals surface area contributed by atoms with E-state index in [1.807, 2.05) is 12.3 Å². The van der Waals surface area contributed by atoms with Crippen molar-refractivity contribution in [3.05, 3.63) is 16.7 Å². The zero-order chi connectivity index (χ0) is 10.1. The number of methoxy groups -OCH3 is 1. The quantitative estimate of drug-likeness (QED) is 0.762. The molecule has 1 rings (SSSR count). The third kappa shape index (κ3) is 2.54. The standard InChI is InChI=1S/C9H14BrNOSi/c1-12-8-5-7(10)6-11-9(8)13(2,3)4/h5-6H,1-4H3. The monoisotopic (exact) mass is 259 g/mol. The average molecular weight is 260 g/mol. The summed E-state index contributed by atoms with van der Waals surface area (Å²) in [6, 6.07) is 1.97. The molecule has 1 aromatic heterocycles. The molecule has 0 amide bonds. The number of pyridine rings is 1. The van der Waals surface area contributed by atoms with Gasteiger partial charge in [0.2, 0.25) is 0 Å². The van der Waals surface area contributed by atoms with Gasteiger partial charge in [0.15, 0.2) is 0 Å².